The molecule has 0 aromatic heterocycles. The van der Waals surface area contributed by atoms with Crippen LogP contribution < -0.4 is 4.90 Å². The van der Waals surface area contributed by atoms with Gasteiger partial charge in [0.1, 0.15) is 0 Å². The fraction of sp³-hybridized carbons (Fsp3) is 0.200. The molecule has 1 unspecified atom stereocenters. The zero-order valence-electron chi connectivity index (χ0n) is 16.5. The number of carbonyl (C=O) groups is 2. The largest absolute Gasteiger partial charge is 0.462 e. The van der Waals surface area contributed by atoms with Crippen LogP contribution in [-0.2, 0) is 27.8 Å². The van der Waals surface area contributed by atoms with E-state index >= 15 is 0 Å². The lowest BCUT2D eigenvalue weighted by molar-refractivity contribution is -0.122. The summed E-state index contributed by atoms with van der Waals surface area (Å²) < 4.78 is 5.14. The number of hydrogen-bond donors (Lipinski definition) is 0. The second-order valence-electron chi connectivity index (χ2n) is 7.78. The van der Waals surface area contributed by atoms with E-state index in [2.05, 4.69) is 0 Å². The van der Waals surface area contributed by atoms with E-state index in [4.69, 9.17) is 16.3 Å². The molecule has 3 aromatic rings. The van der Waals surface area contributed by atoms with Crippen LogP contribution in [0.5, 0.6) is 0 Å². The lowest BCUT2D eigenvalue weighted by Gasteiger charge is -2.23. The van der Waals surface area contributed by atoms with Gasteiger partial charge in [-0.1, -0.05) is 41.9 Å². The van der Waals surface area contributed by atoms with Gasteiger partial charge in [-0.25, -0.2) is 4.79 Å². The summed E-state index contributed by atoms with van der Waals surface area (Å²) in [4.78, 5) is 27.8. The molecule has 30 heavy (non-hydrogen) atoms. The van der Waals surface area contributed by atoms with E-state index in [1.54, 1.807) is 17.9 Å². The predicted octanol–water partition coefficient (Wildman–Crippen LogP) is 5.23. The van der Waals surface area contributed by atoms with E-state index in [0.717, 1.165) is 28.1 Å². The first-order valence-electron chi connectivity index (χ1n) is 10.0. The van der Waals surface area contributed by atoms with E-state index in [9.17, 15) is 9.59 Å². The van der Waals surface area contributed by atoms with Crippen molar-refractivity contribution in [2.24, 2.45) is 0 Å². The molecule has 5 heteroatoms. The average Bonchev–Trinajstić information content (AvgIpc) is 3.24. The van der Waals surface area contributed by atoms with Crippen LogP contribution in [0.3, 0.4) is 0 Å². The van der Waals surface area contributed by atoms with Gasteiger partial charge in [-0.2, -0.15) is 0 Å². The van der Waals surface area contributed by atoms with Gasteiger partial charge in [0.25, 0.3) is 0 Å². The van der Waals surface area contributed by atoms with Crippen molar-refractivity contribution >= 4 is 34.9 Å². The smallest absolute Gasteiger partial charge is 0.338 e. The Bertz CT molecular complexity index is 1170. The van der Waals surface area contributed by atoms with Gasteiger partial charge in [-0.3, -0.25) is 9.69 Å². The summed E-state index contributed by atoms with van der Waals surface area (Å²) in [5, 5.41) is 0.597. The number of amides is 1. The summed E-state index contributed by atoms with van der Waals surface area (Å²) >= 11 is 6.30. The zero-order valence-corrected chi connectivity index (χ0v) is 17.3. The Balaban J connectivity index is 1.61. The van der Waals surface area contributed by atoms with Crippen molar-refractivity contribution in [1.29, 1.82) is 0 Å². The van der Waals surface area contributed by atoms with Gasteiger partial charge in [-0.05, 0) is 72.9 Å². The molecule has 150 valence electrons. The average molecular weight is 418 g/mol. The van der Waals surface area contributed by atoms with Crippen molar-refractivity contribution in [3.05, 3.63) is 94.0 Å². The molecule has 1 heterocycles. The number of para-hydroxylation sites is 1. The van der Waals surface area contributed by atoms with Gasteiger partial charge >= 0.3 is 5.97 Å². The van der Waals surface area contributed by atoms with Crippen LogP contribution in [0.15, 0.2) is 66.7 Å². The van der Waals surface area contributed by atoms with E-state index in [1.165, 1.54) is 0 Å². The van der Waals surface area contributed by atoms with Gasteiger partial charge in [0.2, 0.25) is 5.91 Å². The Morgan fingerprint density at radius 1 is 1.03 bits per heavy atom. The number of halogens is 1. The second-order valence-corrected chi connectivity index (χ2v) is 8.21. The Hall–Kier alpha value is -3.11. The van der Waals surface area contributed by atoms with Gasteiger partial charge in [0.05, 0.1) is 23.3 Å². The minimum Gasteiger partial charge on any atom is -0.462 e. The van der Waals surface area contributed by atoms with Crippen molar-refractivity contribution < 1.29 is 14.3 Å². The molecule has 1 aliphatic heterocycles. The summed E-state index contributed by atoms with van der Waals surface area (Å²) in [6.45, 7) is 2.12. The summed E-state index contributed by atoms with van der Waals surface area (Å²) in [6, 6.07) is 20.9. The highest BCUT2D eigenvalue weighted by Crippen LogP contribution is 2.52. The van der Waals surface area contributed by atoms with E-state index in [-0.39, 0.29) is 11.9 Å². The summed E-state index contributed by atoms with van der Waals surface area (Å²) in [7, 11) is 0. The van der Waals surface area contributed by atoms with Gasteiger partial charge in [-0.15, -0.1) is 0 Å². The minimum atomic E-state index is -0.689. The molecule has 1 spiro atoms. The van der Waals surface area contributed by atoms with Crippen molar-refractivity contribution in [3.63, 3.8) is 0 Å². The number of hydrogen-bond acceptors (Lipinski definition) is 3. The first kappa shape index (κ1) is 18.9. The lowest BCUT2D eigenvalue weighted by Crippen LogP contribution is -2.39. The van der Waals surface area contributed by atoms with Crippen molar-refractivity contribution in [2.45, 2.75) is 25.2 Å². The summed E-state index contributed by atoms with van der Waals surface area (Å²) in [5.74, 6) is -0.294. The van der Waals surface area contributed by atoms with E-state index < -0.39 is 5.41 Å². The first-order chi connectivity index (χ1) is 14.5. The van der Waals surface area contributed by atoms with Crippen LogP contribution in [0.4, 0.5) is 11.4 Å². The molecule has 1 aliphatic carbocycles. The monoisotopic (exact) mass is 417 g/mol. The number of benzene rings is 3. The zero-order chi connectivity index (χ0) is 20.9. The maximum absolute atomic E-state index is 13.9. The number of esters is 1. The third-order valence-electron chi connectivity index (χ3n) is 6.04. The van der Waals surface area contributed by atoms with Crippen molar-refractivity contribution in [1.82, 2.24) is 0 Å². The fourth-order valence-electron chi connectivity index (χ4n) is 4.73. The highest BCUT2D eigenvalue weighted by molar-refractivity contribution is 6.31. The molecule has 4 nitrogen and oxygen atoms in total. The standard InChI is InChI=1S/C25H20ClNO3/c1-2-30-23(28)16-8-9-17-14-25(15-18(17)12-16)21-11-10-19(26)13-22(21)27(24(25)29)20-6-4-3-5-7-20/h3-13H,2,14-15H2,1H3. The molecule has 0 bridgehead atoms. The maximum Gasteiger partial charge on any atom is 0.338 e. The molecule has 2 aliphatic rings. The van der Waals surface area contributed by atoms with Crippen LogP contribution in [0, 0.1) is 0 Å². The molecule has 0 saturated heterocycles. The summed E-state index contributed by atoms with van der Waals surface area (Å²) in [6.07, 6.45) is 1.15. The number of fused-ring (bicyclic) bond motifs is 3. The van der Waals surface area contributed by atoms with Crippen LogP contribution in [0.25, 0.3) is 0 Å². The molecule has 0 fully saturated rings. The minimum absolute atomic E-state index is 0.0415. The van der Waals surface area contributed by atoms with E-state index in [0.29, 0.717) is 30.0 Å². The fourth-order valence-corrected chi connectivity index (χ4v) is 4.89. The van der Waals surface area contributed by atoms with Gasteiger partial charge in [0, 0.05) is 10.7 Å². The maximum atomic E-state index is 13.9. The quantitative estimate of drug-likeness (QED) is 0.548. The van der Waals surface area contributed by atoms with Crippen molar-refractivity contribution in [3.8, 4) is 0 Å². The normalized spacial score (nSPS) is 19.1. The number of rotatable bonds is 3. The van der Waals surface area contributed by atoms with Crippen LogP contribution in [0.1, 0.15) is 34.0 Å². The Morgan fingerprint density at radius 2 is 1.80 bits per heavy atom. The number of nitrogens with zero attached hydrogens (tertiary/aromatic N) is 1. The van der Waals surface area contributed by atoms with E-state index in [1.807, 2.05) is 60.7 Å². The topological polar surface area (TPSA) is 46.6 Å². The molecule has 1 amide bonds. The van der Waals surface area contributed by atoms with Crippen LogP contribution in [0.2, 0.25) is 5.02 Å². The highest BCUT2D eigenvalue weighted by atomic mass is 35.5. The third-order valence-corrected chi connectivity index (χ3v) is 6.28. The van der Waals surface area contributed by atoms with Crippen LogP contribution >= 0.6 is 11.6 Å². The number of anilines is 2. The molecule has 1 atom stereocenters. The molecular formula is C25H20ClNO3. The third kappa shape index (κ3) is 2.75. The second kappa shape index (κ2) is 6.99. The number of ether oxygens (including phenoxy) is 1. The summed E-state index contributed by atoms with van der Waals surface area (Å²) in [5.41, 5.74) is 4.58. The molecule has 0 radical (unpaired) electrons. The van der Waals surface area contributed by atoms with Gasteiger partial charge in [0.15, 0.2) is 0 Å². The number of carbonyl (C=O) groups excluding carboxylic acids is 2. The molecular weight excluding hydrogens is 398 g/mol. The Morgan fingerprint density at radius 3 is 2.57 bits per heavy atom. The molecule has 5 rings (SSSR count). The Kier molecular flexibility index (Phi) is 4.40. The van der Waals surface area contributed by atoms with Crippen molar-refractivity contribution in [2.75, 3.05) is 11.5 Å². The lowest BCUT2D eigenvalue weighted by atomic mass is 9.79. The first-order valence-corrected chi connectivity index (χ1v) is 10.4. The van der Waals surface area contributed by atoms with Gasteiger partial charge < -0.3 is 4.74 Å². The Labute approximate surface area is 180 Å². The molecule has 3 aromatic carbocycles. The molecule has 0 N–H and O–H groups in total. The molecule has 0 saturated carbocycles. The predicted molar refractivity (Wildman–Crippen MR) is 117 cm³/mol. The highest BCUT2D eigenvalue weighted by Gasteiger charge is 2.54. The SMILES string of the molecule is CCOC(=O)c1ccc2c(c1)CC1(C2)C(=O)N(c2ccccc2)c2cc(Cl)ccc21. The van der Waals surface area contributed by atoms with Crippen LogP contribution in [-0.4, -0.2) is 18.5 Å².